The van der Waals surface area contributed by atoms with Gasteiger partial charge in [-0.3, -0.25) is 0 Å². The first-order valence-corrected chi connectivity index (χ1v) is 0. The molecule has 0 aliphatic rings. The van der Waals surface area contributed by atoms with E-state index < -0.39 is 0 Å². The molecule has 0 heterocycles. The van der Waals surface area contributed by atoms with Crippen LogP contribution >= 0.6 is 0 Å². The molecule has 0 aromatic carbocycles. The normalized spacial score (nSPS) is 0. The molecular weight excluding hydrogens is 110 g/mol. The standard InChI is InChI=1S/2FH.Mg.Ti/h2*1H;;/q;;+2;/p-2. The van der Waals surface area contributed by atoms with Crippen molar-refractivity contribution in [1.82, 2.24) is 0 Å². The van der Waals surface area contributed by atoms with Crippen LogP contribution in [0.15, 0.2) is 0 Å². The Morgan fingerprint density at radius 2 is 0.750 bits per heavy atom. The van der Waals surface area contributed by atoms with E-state index in [0.29, 0.717) is 0 Å². The summed E-state index contributed by atoms with van der Waals surface area (Å²) in [6.45, 7) is 0. The van der Waals surface area contributed by atoms with Gasteiger partial charge in [0, 0.05) is 21.7 Å². The Hall–Kier alpha value is 1.34. The maximum Gasteiger partial charge on any atom is 2.00 e. The summed E-state index contributed by atoms with van der Waals surface area (Å²) in [5.74, 6) is 0. The van der Waals surface area contributed by atoms with E-state index >= 15 is 0 Å². The van der Waals surface area contributed by atoms with Crippen LogP contribution in [0.4, 0.5) is 0 Å². The second-order valence-electron chi connectivity index (χ2n) is 0. The molecule has 0 radical (unpaired) electrons. The topological polar surface area (TPSA) is 0 Å². The Morgan fingerprint density at radius 3 is 0.750 bits per heavy atom. The van der Waals surface area contributed by atoms with Gasteiger partial charge >= 0.3 is 23.1 Å². The van der Waals surface area contributed by atoms with E-state index in [2.05, 4.69) is 0 Å². The van der Waals surface area contributed by atoms with Crippen molar-refractivity contribution in [2.24, 2.45) is 0 Å². The van der Waals surface area contributed by atoms with Crippen molar-refractivity contribution in [2.45, 2.75) is 0 Å². The van der Waals surface area contributed by atoms with Gasteiger partial charge in [0.15, 0.2) is 0 Å². The Labute approximate surface area is 54.1 Å². The smallest absolute Gasteiger partial charge is 1.00 e. The average Bonchev–Trinajstić information content (AvgIpc) is 0. The number of hydrogen-bond acceptors (Lipinski definition) is 0. The van der Waals surface area contributed by atoms with Gasteiger partial charge in [-0.15, -0.1) is 0 Å². The molecule has 0 saturated heterocycles. The maximum absolute atomic E-state index is 0. The average molecular weight is 110 g/mol. The van der Waals surface area contributed by atoms with Crippen LogP contribution < -0.4 is 9.41 Å². The van der Waals surface area contributed by atoms with E-state index in [1.54, 1.807) is 0 Å². The van der Waals surface area contributed by atoms with Gasteiger partial charge in [-0.1, -0.05) is 0 Å². The Kier molecular flexibility index (Phi) is 377. The molecule has 20 valence electrons. The Balaban J connectivity index is 0. The maximum atomic E-state index is 0. The van der Waals surface area contributed by atoms with Crippen molar-refractivity contribution in [1.29, 1.82) is 0 Å². The molecular formula is F2MgTi. The van der Waals surface area contributed by atoms with Gasteiger partial charge in [-0.05, 0) is 0 Å². The minimum atomic E-state index is 0. The zero-order valence-corrected chi connectivity index (χ0v) is 4.94. The molecule has 0 unspecified atom stereocenters. The fourth-order valence-electron chi connectivity index (χ4n) is 0. The summed E-state index contributed by atoms with van der Waals surface area (Å²) in [5, 5.41) is 0. The van der Waals surface area contributed by atoms with Crippen LogP contribution in [-0.4, -0.2) is 23.1 Å². The van der Waals surface area contributed by atoms with E-state index in [-0.39, 0.29) is 54.2 Å². The van der Waals surface area contributed by atoms with E-state index in [0.717, 1.165) is 0 Å². The molecule has 0 nitrogen and oxygen atoms in total. The fourth-order valence-corrected chi connectivity index (χ4v) is 0. The summed E-state index contributed by atoms with van der Waals surface area (Å²) in [4.78, 5) is 0. The summed E-state index contributed by atoms with van der Waals surface area (Å²) in [6, 6.07) is 0. The predicted octanol–water partition coefficient (Wildman–Crippen LogP) is -6.38. The van der Waals surface area contributed by atoms with Crippen LogP contribution in [0.5, 0.6) is 0 Å². The van der Waals surface area contributed by atoms with Crippen LogP contribution in [0.3, 0.4) is 0 Å². The van der Waals surface area contributed by atoms with E-state index in [1.807, 2.05) is 0 Å². The summed E-state index contributed by atoms with van der Waals surface area (Å²) < 4.78 is 0. The molecule has 0 spiro atoms. The van der Waals surface area contributed by atoms with Crippen molar-refractivity contribution < 1.29 is 31.1 Å². The van der Waals surface area contributed by atoms with E-state index in [9.17, 15) is 0 Å². The molecule has 4 heavy (non-hydrogen) atoms. The SMILES string of the molecule is [F-].[F-].[Mg+2].[Ti]. The predicted molar refractivity (Wildman–Crippen MR) is 5.75 cm³/mol. The number of halogens is 2. The van der Waals surface area contributed by atoms with Gasteiger partial charge in [-0.25, -0.2) is 0 Å². The minimum absolute atomic E-state index is 0. The molecule has 0 aliphatic heterocycles. The summed E-state index contributed by atoms with van der Waals surface area (Å²) in [7, 11) is 0. The Morgan fingerprint density at radius 1 is 0.750 bits per heavy atom. The summed E-state index contributed by atoms with van der Waals surface area (Å²) in [6.07, 6.45) is 0. The largest absolute Gasteiger partial charge is 2.00 e. The molecule has 0 bridgehead atoms. The first-order chi connectivity index (χ1) is 0. The molecule has 0 aromatic rings. The third-order valence-electron chi connectivity index (χ3n) is 0. The molecule has 0 N–H and O–H groups in total. The molecule has 0 aromatic heterocycles. The van der Waals surface area contributed by atoms with Crippen molar-refractivity contribution in [2.75, 3.05) is 0 Å². The first-order valence-electron chi connectivity index (χ1n) is 0. The zero-order valence-electron chi connectivity index (χ0n) is 1.96. The quantitative estimate of drug-likeness (QED) is 0.272. The Bertz CT molecular complexity index is 6.00. The van der Waals surface area contributed by atoms with Crippen LogP contribution in [0.2, 0.25) is 0 Å². The second kappa shape index (κ2) is 27.0. The van der Waals surface area contributed by atoms with Crippen molar-refractivity contribution in [3.8, 4) is 0 Å². The zero-order chi connectivity index (χ0) is 0. The van der Waals surface area contributed by atoms with Gasteiger partial charge in [0.2, 0.25) is 0 Å². The molecule has 0 fully saturated rings. The van der Waals surface area contributed by atoms with Crippen molar-refractivity contribution in [3.63, 3.8) is 0 Å². The second-order valence-corrected chi connectivity index (χ2v) is 0. The third kappa shape index (κ3) is 10.2. The van der Waals surface area contributed by atoms with Crippen LogP contribution in [0.25, 0.3) is 0 Å². The fraction of sp³-hybridized carbons (Fsp3) is 0. The first kappa shape index (κ1) is 56.0. The van der Waals surface area contributed by atoms with Gasteiger partial charge in [0.1, 0.15) is 0 Å². The third-order valence-corrected chi connectivity index (χ3v) is 0. The van der Waals surface area contributed by atoms with Crippen molar-refractivity contribution in [3.05, 3.63) is 0 Å². The number of hydrogen-bond donors (Lipinski definition) is 0. The van der Waals surface area contributed by atoms with Crippen LogP contribution in [-0.2, 0) is 21.7 Å². The van der Waals surface area contributed by atoms with Crippen LogP contribution in [0, 0.1) is 0 Å². The molecule has 0 saturated carbocycles. The number of rotatable bonds is 0. The van der Waals surface area contributed by atoms with Crippen molar-refractivity contribution >= 4 is 23.1 Å². The van der Waals surface area contributed by atoms with E-state index in [4.69, 9.17) is 0 Å². The van der Waals surface area contributed by atoms with Gasteiger partial charge in [-0.2, -0.15) is 0 Å². The molecule has 4 heteroatoms. The van der Waals surface area contributed by atoms with Gasteiger partial charge in [0.25, 0.3) is 0 Å². The van der Waals surface area contributed by atoms with E-state index in [1.165, 1.54) is 0 Å². The van der Waals surface area contributed by atoms with Gasteiger partial charge in [0.05, 0.1) is 0 Å². The summed E-state index contributed by atoms with van der Waals surface area (Å²) >= 11 is 0. The molecule has 0 atom stereocenters. The minimum Gasteiger partial charge on any atom is -1.00 e. The monoisotopic (exact) mass is 110 g/mol. The van der Waals surface area contributed by atoms with Gasteiger partial charge < -0.3 is 9.41 Å². The summed E-state index contributed by atoms with van der Waals surface area (Å²) in [5.41, 5.74) is 0. The van der Waals surface area contributed by atoms with Crippen LogP contribution in [0.1, 0.15) is 0 Å². The molecule has 0 rings (SSSR count). The molecule has 0 amide bonds. The molecule has 0 aliphatic carbocycles.